The van der Waals surface area contributed by atoms with Crippen LogP contribution < -0.4 is 5.56 Å². The zero-order chi connectivity index (χ0) is 14.5. The Labute approximate surface area is 117 Å². The highest BCUT2D eigenvalue weighted by molar-refractivity contribution is 5.93. The monoisotopic (exact) mass is 271 g/mol. The van der Waals surface area contributed by atoms with E-state index in [-0.39, 0.29) is 11.5 Å². The molecule has 104 valence electrons. The van der Waals surface area contributed by atoms with E-state index in [9.17, 15) is 9.59 Å². The number of amides is 1. The van der Waals surface area contributed by atoms with Crippen LogP contribution in [0.2, 0.25) is 0 Å². The third kappa shape index (κ3) is 2.77. The maximum absolute atomic E-state index is 12.1. The molecule has 2 rings (SSSR count). The van der Waals surface area contributed by atoms with E-state index in [1.807, 2.05) is 44.2 Å². The number of aromatic amines is 1. The summed E-state index contributed by atoms with van der Waals surface area (Å²) in [5.41, 5.74) is 0.482. The highest BCUT2D eigenvalue weighted by Gasteiger charge is 2.17. The normalized spacial score (nSPS) is 10.3. The molecule has 2 aromatic rings. The smallest absolute Gasteiger partial charge is 0.264 e. The molecular weight excluding hydrogens is 254 g/mol. The summed E-state index contributed by atoms with van der Waals surface area (Å²) in [4.78, 5) is 32.6. The molecule has 0 aliphatic carbocycles. The molecule has 0 saturated heterocycles. The van der Waals surface area contributed by atoms with Crippen molar-refractivity contribution in [3.05, 3.63) is 52.4 Å². The lowest BCUT2D eigenvalue weighted by Crippen LogP contribution is -2.34. The first kappa shape index (κ1) is 14.0. The number of nitrogens with zero attached hydrogens (tertiary/aromatic N) is 2. The van der Waals surface area contributed by atoms with E-state index in [1.165, 1.54) is 6.20 Å². The summed E-state index contributed by atoms with van der Waals surface area (Å²) in [5, 5.41) is 0. The van der Waals surface area contributed by atoms with Crippen LogP contribution in [0.5, 0.6) is 0 Å². The van der Waals surface area contributed by atoms with E-state index in [0.717, 1.165) is 5.56 Å². The Hall–Kier alpha value is -2.43. The van der Waals surface area contributed by atoms with Crippen LogP contribution in [-0.4, -0.2) is 33.9 Å². The van der Waals surface area contributed by atoms with E-state index < -0.39 is 5.56 Å². The quantitative estimate of drug-likeness (QED) is 0.923. The second-order valence-corrected chi connectivity index (χ2v) is 4.32. The largest absolute Gasteiger partial charge is 0.339 e. The van der Waals surface area contributed by atoms with E-state index in [0.29, 0.717) is 18.9 Å². The van der Waals surface area contributed by atoms with Crippen molar-refractivity contribution in [1.29, 1.82) is 0 Å². The van der Waals surface area contributed by atoms with Crippen LogP contribution in [0.15, 0.2) is 41.3 Å². The summed E-state index contributed by atoms with van der Waals surface area (Å²) in [6.07, 6.45) is 1.35. The molecule has 1 aromatic heterocycles. The lowest BCUT2D eigenvalue weighted by Gasteiger charge is -2.17. The van der Waals surface area contributed by atoms with Gasteiger partial charge in [-0.25, -0.2) is 4.98 Å². The zero-order valence-electron chi connectivity index (χ0n) is 11.6. The van der Waals surface area contributed by atoms with Gasteiger partial charge in [-0.05, 0) is 13.8 Å². The van der Waals surface area contributed by atoms with Crippen LogP contribution in [0.1, 0.15) is 24.2 Å². The molecular formula is C15H17N3O2. The Morgan fingerprint density at radius 2 is 1.85 bits per heavy atom. The maximum atomic E-state index is 12.1. The summed E-state index contributed by atoms with van der Waals surface area (Å²) < 4.78 is 0. The van der Waals surface area contributed by atoms with Crippen LogP contribution in [0.25, 0.3) is 11.4 Å². The van der Waals surface area contributed by atoms with Crippen LogP contribution >= 0.6 is 0 Å². The van der Waals surface area contributed by atoms with Gasteiger partial charge in [-0.3, -0.25) is 9.59 Å². The van der Waals surface area contributed by atoms with Crippen molar-refractivity contribution in [1.82, 2.24) is 14.9 Å². The topological polar surface area (TPSA) is 66.1 Å². The molecule has 0 atom stereocenters. The first-order chi connectivity index (χ1) is 9.67. The summed E-state index contributed by atoms with van der Waals surface area (Å²) in [6.45, 7) is 4.88. The lowest BCUT2D eigenvalue weighted by atomic mass is 10.2. The molecule has 0 aliphatic rings. The van der Waals surface area contributed by atoms with Crippen molar-refractivity contribution in [2.75, 3.05) is 13.1 Å². The van der Waals surface area contributed by atoms with Crippen molar-refractivity contribution >= 4 is 5.91 Å². The van der Waals surface area contributed by atoms with Crippen LogP contribution in [0, 0.1) is 0 Å². The Balaban J connectivity index is 2.36. The second kappa shape index (κ2) is 6.14. The second-order valence-electron chi connectivity index (χ2n) is 4.32. The van der Waals surface area contributed by atoms with Crippen molar-refractivity contribution in [2.45, 2.75) is 13.8 Å². The van der Waals surface area contributed by atoms with Crippen LogP contribution in [0.4, 0.5) is 0 Å². The fraction of sp³-hybridized carbons (Fsp3) is 0.267. The molecule has 5 heteroatoms. The highest BCUT2D eigenvalue weighted by Crippen LogP contribution is 2.12. The summed E-state index contributed by atoms with van der Waals surface area (Å²) in [5.74, 6) is 0.176. The first-order valence-electron chi connectivity index (χ1n) is 6.61. The fourth-order valence-corrected chi connectivity index (χ4v) is 1.97. The Bertz CT molecular complexity index is 646. The Kier molecular flexibility index (Phi) is 4.30. The number of rotatable bonds is 4. The van der Waals surface area contributed by atoms with E-state index in [2.05, 4.69) is 9.97 Å². The third-order valence-electron chi connectivity index (χ3n) is 3.13. The number of benzene rings is 1. The Morgan fingerprint density at radius 3 is 2.40 bits per heavy atom. The van der Waals surface area contributed by atoms with Gasteiger partial charge in [0.1, 0.15) is 11.4 Å². The SMILES string of the molecule is CCN(CC)C(=O)c1cnc(-c2ccccc2)[nH]c1=O. The molecule has 0 unspecified atom stereocenters. The molecule has 0 radical (unpaired) electrons. The van der Waals surface area contributed by atoms with Gasteiger partial charge < -0.3 is 9.88 Å². The first-order valence-corrected chi connectivity index (χ1v) is 6.61. The predicted molar refractivity (Wildman–Crippen MR) is 77.5 cm³/mol. The highest BCUT2D eigenvalue weighted by atomic mass is 16.2. The number of carbonyl (C=O) groups is 1. The van der Waals surface area contributed by atoms with Crippen molar-refractivity contribution in [2.24, 2.45) is 0 Å². The molecule has 0 fully saturated rings. The number of nitrogens with one attached hydrogen (secondary N) is 1. The van der Waals surface area contributed by atoms with Crippen molar-refractivity contribution in [3.63, 3.8) is 0 Å². The minimum atomic E-state index is -0.407. The average molecular weight is 271 g/mol. The molecule has 0 aliphatic heterocycles. The molecule has 1 heterocycles. The number of H-pyrrole nitrogens is 1. The Morgan fingerprint density at radius 1 is 1.20 bits per heavy atom. The van der Waals surface area contributed by atoms with Gasteiger partial charge in [0.2, 0.25) is 0 Å². The molecule has 0 saturated carbocycles. The van der Waals surface area contributed by atoms with Gasteiger partial charge in [0.25, 0.3) is 11.5 Å². The molecule has 1 N–H and O–H groups in total. The zero-order valence-corrected chi connectivity index (χ0v) is 11.6. The van der Waals surface area contributed by atoms with Gasteiger partial charge in [0, 0.05) is 24.8 Å². The molecule has 0 bridgehead atoms. The van der Waals surface area contributed by atoms with E-state index >= 15 is 0 Å². The number of hydrogen-bond donors (Lipinski definition) is 1. The van der Waals surface area contributed by atoms with Gasteiger partial charge in [-0.15, -0.1) is 0 Å². The van der Waals surface area contributed by atoms with Gasteiger partial charge >= 0.3 is 0 Å². The molecule has 1 aromatic carbocycles. The molecule has 1 amide bonds. The van der Waals surface area contributed by atoms with Gasteiger partial charge in [-0.2, -0.15) is 0 Å². The standard InChI is InChI=1S/C15H17N3O2/c1-3-18(4-2)15(20)12-10-16-13(17-14(12)19)11-8-6-5-7-9-11/h5-10H,3-4H2,1-2H3,(H,16,17,19). The number of carbonyl (C=O) groups excluding carboxylic acids is 1. The van der Waals surface area contributed by atoms with Crippen molar-refractivity contribution < 1.29 is 4.79 Å². The maximum Gasteiger partial charge on any atom is 0.264 e. The minimum Gasteiger partial charge on any atom is -0.339 e. The van der Waals surface area contributed by atoms with Crippen LogP contribution in [-0.2, 0) is 0 Å². The molecule has 5 nitrogen and oxygen atoms in total. The van der Waals surface area contributed by atoms with E-state index in [4.69, 9.17) is 0 Å². The van der Waals surface area contributed by atoms with E-state index in [1.54, 1.807) is 4.90 Å². The molecule has 20 heavy (non-hydrogen) atoms. The fourth-order valence-electron chi connectivity index (χ4n) is 1.97. The average Bonchev–Trinajstić information content (AvgIpc) is 2.49. The number of aromatic nitrogens is 2. The van der Waals surface area contributed by atoms with Crippen molar-refractivity contribution in [3.8, 4) is 11.4 Å². The number of hydrogen-bond acceptors (Lipinski definition) is 3. The predicted octanol–water partition coefficient (Wildman–Crippen LogP) is 1.92. The summed E-state index contributed by atoms with van der Waals surface area (Å²) >= 11 is 0. The minimum absolute atomic E-state index is 0.0772. The van der Waals surface area contributed by atoms with Crippen LogP contribution in [0.3, 0.4) is 0 Å². The summed E-state index contributed by atoms with van der Waals surface area (Å²) in [7, 11) is 0. The summed E-state index contributed by atoms with van der Waals surface area (Å²) in [6, 6.07) is 9.32. The van der Waals surface area contributed by atoms with Gasteiger partial charge in [0.15, 0.2) is 0 Å². The lowest BCUT2D eigenvalue weighted by molar-refractivity contribution is 0.0771. The van der Waals surface area contributed by atoms with Gasteiger partial charge in [-0.1, -0.05) is 30.3 Å². The van der Waals surface area contributed by atoms with Gasteiger partial charge in [0.05, 0.1) is 0 Å². The molecule has 0 spiro atoms. The third-order valence-corrected chi connectivity index (χ3v) is 3.13.